The van der Waals surface area contributed by atoms with Gasteiger partial charge in [0, 0.05) is 6.20 Å². The van der Waals surface area contributed by atoms with Crippen LogP contribution in [0.5, 0.6) is 0 Å². The first-order valence-electron chi connectivity index (χ1n) is 8.09. The smallest absolute Gasteiger partial charge is 0.386 e. The molecule has 2 rings (SSSR count). The molecule has 0 radical (unpaired) electrons. The van der Waals surface area contributed by atoms with E-state index in [4.69, 9.17) is 25.2 Å². The van der Waals surface area contributed by atoms with Crippen molar-refractivity contribution in [3.8, 4) is 6.07 Å². The van der Waals surface area contributed by atoms with Gasteiger partial charge in [-0.2, -0.15) is 18.9 Å². The lowest BCUT2D eigenvalue weighted by atomic mass is 9.88. The fraction of sp³-hybridized carbons (Fsp3) is 0.545. The van der Waals surface area contributed by atoms with Crippen molar-refractivity contribution in [1.29, 1.82) is 5.26 Å². The minimum absolute atomic E-state index is 0.278. The van der Waals surface area contributed by atoms with Gasteiger partial charge in [0.15, 0.2) is 11.8 Å². The Morgan fingerprint density at radius 3 is 2.36 bits per heavy atom. The Labute approximate surface area is 182 Å². The highest BCUT2D eigenvalue weighted by atomic mass is 31.3. The topological polar surface area (TPSA) is 294 Å². The standard InChI is InChI=1S/C11H16FN4O14P3/c12-3-10(5-27-32(23,24)30-33(25,26)29-31(20,21)22)7(17)11(19,4-13)8(28-10)16-2-1-6(14)15-9(16)18/h1-2,7-8,17,19H,3,5H2,(H,23,24)(H,25,26)(H2,14,15,18)(H2,20,21,22)/t7-,8-,10-,11-/m1/s1. The summed E-state index contributed by atoms with van der Waals surface area (Å²) < 4.78 is 64.6. The number of phosphoric ester groups is 1. The number of nitrogens with two attached hydrogens (primary N) is 1. The number of ether oxygens (including phenoxy) is 1. The predicted octanol–water partition coefficient (Wildman–Crippen LogP) is -1.98. The maximum Gasteiger partial charge on any atom is 0.490 e. The van der Waals surface area contributed by atoms with E-state index in [1.165, 1.54) is 6.07 Å². The summed E-state index contributed by atoms with van der Waals surface area (Å²) in [5.41, 5.74) is -1.79. The summed E-state index contributed by atoms with van der Waals surface area (Å²) in [4.78, 5) is 51.0. The Morgan fingerprint density at radius 1 is 1.27 bits per heavy atom. The number of nitriles is 1. The van der Waals surface area contributed by atoms with Crippen molar-refractivity contribution >= 4 is 29.3 Å². The Kier molecular flexibility index (Phi) is 7.71. The molecular weight excluding hydrogens is 524 g/mol. The predicted molar refractivity (Wildman–Crippen MR) is 98.1 cm³/mol. The van der Waals surface area contributed by atoms with Crippen molar-refractivity contribution in [2.75, 3.05) is 19.0 Å². The lowest BCUT2D eigenvalue weighted by Gasteiger charge is -2.29. The van der Waals surface area contributed by atoms with E-state index < -0.39 is 66.0 Å². The number of nitrogen functional groups attached to an aromatic ring is 1. The average Bonchev–Trinajstić information content (AvgIpc) is 2.86. The summed E-state index contributed by atoms with van der Waals surface area (Å²) in [6, 6.07) is 2.24. The van der Waals surface area contributed by atoms with Crippen LogP contribution in [0.25, 0.3) is 0 Å². The number of aromatic nitrogens is 2. The SMILES string of the molecule is N#C[C@@]1(O)[C@H](O)[C@@](CF)(COP(=O)(O)OP(=O)(O)OP(=O)(O)O)O[C@H]1n1ccc(N)nc1=O. The van der Waals surface area contributed by atoms with Gasteiger partial charge in [-0.3, -0.25) is 9.09 Å². The molecule has 1 aromatic rings. The number of hydrogen-bond donors (Lipinski definition) is 7. The average molecular weight is 540 g/mol. The fourth-order valence-electron chi connectivity index (χ4n) is 2.65. The van der Waals surface area contributed by atoms with E-state index in [0.717, 1.165) is 12.3 Å². The molecule has 1 saturated heterocycles. The largest absolute Gasteiger partial charge is 0.490 e. The number of halogens is 1. The minimum atomic E-state index is -5.91. The maximum absolute atomic E-state index is 13.9. The third-order valence-electron chi connectivity index (χ3n) is 4.04. The first-order valence-corrected chi connectivity index (χ1v) is 12.6. The summed E-state index contributed by atoms with van der Waals surface area (Å²) in [6.45, 7) is -3.40. The summed E-state index contributed by atoms with van der Waals surface area (Å²) in [6.07, 6.45) is -3.85. The number of nitrogens with zero attached hydrogens (tertiary/aromatic N) is 3. The van der Waals surface area contributed by atoms with Crippen molar-refractivity contribution in [2.24, 2.45) is 0 Å². The number of hydrogen-bond acceptors (Lipinski definition) is 13. The third-order valence-corrected chi connectivity index (χ3v) is 7.82. The number of phosphoric acid groups is 3. The second-order valence-corrected chi connectivity index (χ2v) is 10.8. The molecule has 8 N–H and O–H groups in total. The van der Waals surface area contributed by atoms with E-state index in [1.54, 1.807) is 0 Å². The van der Waals surface area contributed by atoms with Crippen LogP contribution in [0.1, 0.15) is 6.23 Å². The van der Waals surface area contributed by atoms with Gasteiger partial charge >= 0.3 is 29.2 Å². The second-order valence-electron chi connectivity index (χ2n) is 6.41. The van der Waals surface area contributed by atoms with Crippen LogP contribution in [0.4, 0.5) is 10.2 Å². The van der Waals surface area contributed by atoms with E-state index in [9.17, 15) is 43.2 Å². The molecule has 0 amide bonds. The first kappa shape index (κ1) is 27.6. The Morgan fingerprint density at radius 2 is 1.88 bits per heavy atom. The molecule has 0 aliphatic carbocycles. The number of rotatable bonds is 9. The molecule has 18 nitrogen and oxygen atoms in total. The molecular formula is C11H16FN4O14P3. The summed E-state index contributed by atoms with van der Waals surface area (Å²) in [7, 11) is -17.4. The quantitative estimate of drug-likeness (QED) is 0.132. The monoisotopic (exact) mass is 540 g/mol. The molecule has 0 spiro atoms. The highest BCUT2D eigenvalue weighted by molar-refractivity contribution is 7.66. The van der Waals surface area contributed by atoms with Gasteiger partial charge in [0.1, 0.15) is 24.7 Å². The molecule has 1 aromatic heterocycles. The van der Waals surface area contributed by atoms with Crippen molar-refractivity contribution in [2.45, 2.75) is 23.5 Å². The van der Waals surface area contributed by atoms with Crippen LogP contribution >= 0.6 is 23.5 Å². The van der Waals surface area contributed by atoms with Gasteiger partial charge in [-0.25, -0.2) is 22.9 Å². The minimum Gasteiger partial charge on any atom is -0.386 e. The molecule has 33 heavy (non-hydrogen) atoms. The van der Waals surface area contributed by atoms with Crippen LogP contribution in [0.15, 0.2) is 17.1 Å². The summed E-state index contributed by atoms with van der Waals surface area (Å²) in [5, 5.41) is 30.3. The molecule has 1 aliphatic heterocycles. The Hall–Kier alpha value is -1.61. The second kappa shape index (κ2) is 9.21. The van der Waals surface area contributed by atoms with Gasteiger partial charge in [0.25, 0.3) is 0 Å². The lowest BCUT2D eigenvalue weighted by molar-refractivity contribution is -0.137. The number of aliphatic hydroxyl groups excluding tert-OH is 1. The van der Waals surface area contributed by atoms with Crippen LogP contribution < -0.4 is 11.4 Å². The summed E-state index contributed by atoms with van der Waals surface area (Å²) >= 11 is 0. The molecule has 0 aromatic carbocycles. The van der Waals surface area contributed by atoms with Crippen LogP contribution in [-0.4, -0.2) is 69.9 Å². The number of aliphatic hydroxyl groups is 2. The zero-order valence-corrected chi connectivity index (χ0v) is 18.5. The summed E-state index contributed by atoms with van der Waals surface area (Å²) in [5.74, 6) is -0.278. The van der Waals surface area contributed by atoms with Crippen molar-refractivity contribution < 1.29 is 65.8 Å². The van der Waals surface area contributed by atoms with E-state index in [0.29, 0.717) is 4.57 Å². The highest BCUT2D eigenvalue weighted by Gasteiger charge is 2.66. The van der Waals surface area contributed by atoms with Gasteiger partial charge < -0.3 is 40.3 Å². The van der Waals surface area contributed by atoms with Gasteiger partial charge in [0.2, 0.25) is 5.60 Å². The van der Waals surface area contributed by atoms with E-state index in [1.807, 2.05) is 0 Å². The number of anilines is 1. The molecule has 186 valence electrons. The van der Waals surface area contributed by atoms with Gasteiger partial charge in [-0.1, -0.05) is 0 Å². The maximum atomic E-state index is 13.9. The Balaban J connectivity index is 2.34. The van der Waals surface area contributed by atoms with Crippen LogP contribution in [-0.2, 0) is 31.6 Å². The molecule has 6 atom stereocenters. The molecule has 1 fully saturated rings. The first-order chi connectivity index (χ1) is 14.9. The van der Waals surface area contributed by atoms with Crippen LogP contribution in [0.2, 0.25) is 0 Å². The van der Waals surface area contributed by atoms with Crippen LogP contribution in [0.3, 0.4) is 0 Å². The van der Waals surface area contributed by atoms with Gasteiger partial charge in [0.05, 0.1) is 6.61 Å². The Bertz CT molecular complexity index is 1150. The zero-order chi connectivity index (χ0) is 25.5. The van der Waals surface area contributed by atoms with Crippen LogP contribution in [0, 0.1) is 11.3 Å². The molecule has 2 heterocycles. The van der Waals surface area contributed by atoms with Crippen molar-refractivity contribution in [1.82, 2.24) is 9.55 Å². The lowest BCUT2D eigenvalue weighted by Crippen LogP contribution is -2.54. The molecule has 2 unspecified atom stereocenters. The molecule has 0 bridgehead atoms. The van der Waals surface area contributed by atoms with Crippen molar-refractivity contribution in [3.05, 3.63) is 22.7 Å². The fourth-order valence-corrected chi connectivity index (χ4v) is 5.73. The molecule has 1 aliphatic rings. The zero-order valence-electron chi connectivity index (χ0n) is 15.8. The number of alkyl halides is 1. The van der Waals surface area contributed by atoms with E-state index in [2.05, 4.69) is 18.1 Å². The molecule has 22 heteroatoms. The third kappa shape index (κ3) is 6.10. The highest BCUT2D eigenvalue weighted by Crippen LogP contribution is 2.66. The van der Waals surface area contributed by atoms with Gasteiger partial charge in [-0.15, -0.1) is 0 Å². The normalized spacial score (nSPS) is 31.5. The van der Waals surface area contributed by atoms with E-state index >= 15 is 0 Å². The van der Waals surface area contributed by atoms with Crippen molar-refractivity contribution in [3.63, 3.8) is 0 Å². The molecule has 0 saturated carbocycles. The van der Waals surface area contributed by atoms with E-state index in [-0.39, 0.29) is 5.82 Å². The van der Waals surface area contributed by atoms with Gasteiger partial charge in [-0.05, 0) is 6.07 Å².